The predicted octanol–water partition coefficient (Wildman–Crippen LogP) is 2.56. The van der Waals surface area contributed by atoms with E-state index in [1.807, 2.05) is 0 Å². The molecule has 0 amide bonds. The summed E-state index contributed by atoms with van der Waals surface area (Å²) in [6, 6.07) is 9.46. The molecule has 0 saturated carbocycles. The van der Waals surface area contributed by atoms with E-state index in [-0.39, 0.29) is 0 Å². The first-order chi connectivity index (χ1) is 7.86. The van der Waals surface area contributed by atoms with E-state index in [0.717, 1.165) is 26.2 Å². The molecule has 0 aliphatic carbocycles. The maximum Gasteiger partial charge on any atom is 0.0363 e. The van der Waals surface area contributed by atoms with Crippen LogP contribution in [-0.4, -0.2) is 24.5 Å². The van der Waals surface area contributed by atoms with Gasteiger partial charge in [0.15, 0.2) is 0 Å². The van der Waals surface area contributed by atoms with Gasteiger partial charge in [-0.2, -0.15) is 0 Å². The van der Waals surface area contributed by atoms with Gasteiger partial charge in [-0.1, -0.05) is 38.1 Å². The second-order valence-electron chi connectivity index (χ2n) is 4.40. The van der Waals surface area contributed by atoms with E-state index in [1.165, 1.54) is 17.5 Å². The van der Waals surface area contributed by atoms with Gasteiger partial charge in [0.2, 0.25) is 0 Å². The van der Waals surface area contributed by atoms with Crippen molar-refractivity contribution >= 4 is 0 Å². The Bertz CT molecular complexity index is 331. The van der Waals surface area contributed by atoms with Crippen molar-refractivity contribution in [2.75, 3.05) is 19.6 Å². The van der Waals surface area contributed by atoms with E-state index in [1.54, 1.807) is 0 Å². The average Bonchev–Trinajstić information content (AvgIpc) is 2.54. The summed E-state index contributed by atoms with van der Waals surface area (Å²) in [5.41, 5.74) is 2.99. The third-order valence-electron chi connectivity index (χ3n) is 3.58. The van der Waals surface area contributed by atoms with Crippen molar-refractivity contribution in [3.8, 4) is 0 Å². The third-order valence-corrected chi connectivity index (χ3v) is 3.58. The Morgan fingerprint density at radius 1 is 1.25 bits per heavy atom. The van der Waals surface area contributed by atoms with Crippen molar-refractivity contribution in [3.63, 3.8) is 0 Å². The summed E-state index contributed by atoms with van der Waals surface area (Å²) in [4.78, 5) is 2.56. The number of benzene rings is 1. The van der Waals surface area contributed by atoms with Gasteiger partial charge in [0.25, 0.3) is 0 Å². The zero-order chi connectivity index (χ0) is 11.4. The van der Waals surface area contributed by atoms with Crippen molar-refractivity contribution in [2.24, 2.45) is 0 Å². The van der Waals surface area contributed by atoms with E-state index in [9.17, 15) is 0 Å². The standard InChI is InChI=1S/C14H22N2/c1-3-16(4-2)14-9-10-15-11-12-7-5-6-8-13(12)14/h5-8,14-15H,3-4,9-11H2,1-2H3. The Morgan fingerprint density at radius 2 is 2.00 bits per heavy atom. The lowest BCUT2D eigenvalue weighted by Crippen LogP contribution is -2.29. The third kappa shape index (κ3) is 2.28. The fraction of sp³-hybridized carbons (Fsp3) is 0.571. The lowest BCUT2D eigenvalue weighted by Gasteiger charge is -2.30. The minimum Gasteiger partial charge on any atom is -0.313 e. The molecule has 88 valence electrons. The van der Waals surface area contributed by atoms with Crippen molar-refractivity contribution in [2.45, 2.75) is 32.9 Å². The Balaban J connectivity index is 2.31. The highest BCUT2D eigenvalue weighted by atomic mass is 15.1. The van der Waals surface area contributed by atoms with Crippen LogP contribution in [0.1, 0.15) is 37.4 Å². The van der Waals surface area contributed by atoms with Gasteiger partial charge in [0, 0.05) is 12.6 Å². The summed E-state index contributed by atoms with van der Waals surface area (Å²) in [5.74, 6) is 0. The number of rotatable bonds is 3. The van der Waals surface area contributed by atoms with E-state index in [4.69, 9.17) is 0 Å². The smallest absolute Gasteiger partial charge is 0.0363 e. The lowest BCUT2D eigenvalue weighted by molar-refractivity contribution is 0.210. The van der Waals surface area contributed by atoms with Crippen LogP contribution in [0.5, 0.6) is 0 Å². The minimum atomic E-state index is 0.598. The van der Waals surface area contributed by atoms with E-state index in [0.29, 0.717) is 6.04 Å². The monoisotopic (exact) mass is 218 g/mol. The first kappa shape index (κ1) is 11.6. The van der Waals surface area contributed by atoms with Crippen LogP contribution in [0.4, 0.5) is 0 Å². The molecule has 0 saturated heterocycles. The zero-order valence-electron chi connectivity index (χ0n) is 10.4. The molecule has 2 heteroatoms. The molecule has 1 N–H and O–H groups in total. The van der Waals surface area contributed by atoms with Crippen LogP contribution in [0.3, 0.4) is 0 Å². The minimum absolute atomic E-state index is 0.598. The quantitative estimate of drug-likeness (QED) is 0.839. The maximum absolute atomic E-state index is 3.51. The van der Waals surface area contributed by atoms with Crippen LogP contribution in [0.2, 0.25) is 0 Å². The van der Waals surface area contributed by atoms with Crippen LogP contribution in [0.25, 0.3) is 0 Å². The van der Waals surface area contributed by atoms with Gasteiger partial charge in [-0.05, 0) is 37.2 Å². The molecule has 1 atom stereocenters. The molecule has 16 heavy (non-hydrogen) atoms. The first-order valence-corrected chi connectivity index (χ1v) is 6.39. The van der Waals surface area contributed by atoms with Crippen molar-refractivity contribution in [1.82, 2.24) is 10.2 Å². The van der Waals surface area contributed by atoms with Crippen LogP contribution in [0.15, 0.2) is 24.3 Å². The molecular formula is C14H22N2. The first-order valence-electron chi connectivity index (χ1n) is 6.39. The largest absolute Gasteiger partial charge is 0.313 e. The summed E-state index contributed by atoms with van der Waals surface area (Å²) in [6.45, 7) is 8.92. The Labute approximate surface area is 98.7 Å². The summed E-state index contributed by atoms with van der Waals surface area (Å²) >= 11 is 0. The van der Waals surface area contributed by atoms with Crippen molar-refractivity contribution in [1.29, 1.82) is 0 Å². The van der Waals surface area contributed by atoms with Crippen LogP contribution < -0.4 is 5.32 Å². The Kier molecular flexibility index (Phi) is 3.97. The predicted molar refractivity (Wildman–Crippen MR) is 68.4 cm³/mol. The number of hydrogen-bond acceptors (Lipinski definition) is 2. The molecule has 2 rings (SSSR count). The van der Waals surface area contributed by atoms with Crippen LogP contribution in [0, 0.1) is 0 Å². The molecule has 0 bridgehead atoms. The van der Waals surface area contributed by atoms with Crippen molar-refractivity contribution < 1.29 is 0 Å². The molecule has 0 aromatic heterocycles. The maximum atomic E-state index is 3.51. The fourth-order valence-corrected chi connectivity index (χ4v) is 2.68. The molecule has 1 aromatic rings. The molecule has 2 nitrogen and oxygen atoms in total. The second-order valence-corrected chi connectivity index (χ2v) is 4.40. The molecule has 0 fully saturated rings. The van der Waals surface area contributed by atoms with E-state index >= 15 is 0 Å². The molecule has 1 heterocycles. The van der Waals surface area contributed by atoms with Crippen LogP contribution >= 0.6 is 0 Å². The fourth-order valence-electron chi connectivity index (χ4n) is 2.68. The molecule has 1 unspecified atom stereocenters. The average molecular weight is 218 g/mol. The summed E-state index contributed by atoms with van der Waals surface area (Å²) in [6.07, 6.45) is 1.22. The van der Waals surface area contributed by atoms with Crippen LogP contribution in [-0.2, 0) is 6.54 Å². The highest BCUT2D eigenvalue weighted by Crippen LogP contribution is 2.28. The number of fused-ring (bicyclic) bond motifs is 1. The molecule has 0 spiro atoms. The van der Waals surface area contributed by atoms with E-state index in [2.05, 4.69) is 48.3 Å². The topological polar surface area (TPSA) is 15.3 Å². The Hall–Kier alpha value is -0.860. The molecule has 0 radical (unpaired) electrons. The summed E-state index contributed by atoms with van der Waals surface area (Å²) < 4.78 is 0. The second kappa shape index (κ2) is 5.46. The molecule has 1 aromatic carbocycles. The van der Waals surface area contributed by atoms with Gasteiger partial charge in [-0.3, -0.25) is 4.90 Å². The zero-order valence-corrected chi connectivity index (χ0v) is 10.4. The van der Waals surface area contributed by atoms with Gasteiger partial charge >= 0.3 is 0 Å². The number of nitrogens with one attached hydrogen (secondary N) is 1. The van der Waals surface area contributed by atoms with Crippen molar-refractivity contribution in [3.05, 3.63) is 35.4 Å². The Morgan fingerprint density at radius 3 is 2.75 bits per heavy atom. The van der Waals surface area contributed by atoms with Gasteiger partial charge in [0.05, 0.1) is 0 Å². The molecule has 1 aliphatic rings. The highest BCUT2D eigenvalue weighted by Gasteiger charge is 2.21. The van der Waals surface area contributed by atoms with Gasteiger partial charge in [-0.25, -0.2) is 0 Å². The summed E-state index contributed by atoms with van der Waals surface area (Å²) in [7, 11) is 0. The van der Waals surface area contributed by atoms with E-state index < -0.39 is 0 Å². The summed E-state index contributed by atoms with van der Waals surface area (Å²) in [5, 5.41) is 3.51. The number of nitrogens with zero attached hydrogens (tertiary/aromatic N) is 1. The normalized spacial score (nSPS) is 20.6. The lowest BCUT2D eigenvalue weighted by atomic mass is 9.98. The highest BCUT2D eigenvalue weighted by molar-refractivity contribution is 5.31. The van der Waals surface area contributed by atoms with Gasteiger partial charge in [0.1, 0.15) is 0 Å². The van der Waals surface area contributed by atoms with Gasteiger partial charge in [-0.15, -0.1) is 0 Å². The molecular weight excluding hydrogens is 196 g/mol. The van der Waals surface area contributed by atoms with Gasteiger partial charge < -0.3 is 5.32 Å². The SMILES string of the molecule is CCN(CC)C1CCNCc2ccccc21. The molecule has 1 aliphatic heterocycles. The number of hydrogen-bond donors (Lipinski definition) is 1.